The predicted molar refractivity (Wildman–Crippen MR) is 60.9 cm³/mol. The van der Waals surface area contributed by atoms with Gasteiger partial charge in [0.15, 0.2) is 9.84 Å². The van der Waals surface area contributed by atoms with Gasteiger partial charge in [-0.3, -0.25) is 0 Å². The van der Waals surface area contributed by atoms with Crippen molar-refractivity contribution in [2.24, 2.45) is 0 Å². The van der Waals surface area contributed by atoms with Gasteiger partial charge in [0.25, 0.3) is 0 Å². The first-order valence-electron chi connectivity index (χ1n) is 5.18. The molecule has 2 rings (SSSR count). The van der Waals surface area contributed by atoms with Gasteiger partial charge in [-0.25, -0.2) is 13.1 Å². The number of aromatic nitrogens is 3. The quantitative estimate of drug-likeness (QED) is 0.754. The number of rotatable bonds is 3. The molecule has 1 aromatic heterocycles. The average molecular weight is 245 g/mol. The maximum absolute atomic E-state index is 11.3. The fraction of sp³-hybridized carbons (Fsp3) is 0.750. The van der Waals surface area contributed by atoms with Crippen molar-refractivity contribution in [1.82, 2.24) is 14.8 Å². The maximum Gasteiger partial charge on any atom is 0.243 e. The molecule has 16 heavy (non-hydrogen) atoms. The summed E-state index contributed by atoms with van der Waals surface area (Å²) in [6.07, 6.45) is 0.557. The largest absolute Gasteiger partial charge is 0.368 e. The number of nitrogens with two attached hydrogens (primary N) is 1. The van der Waals surface area contributed by atoms with Crippen LogP contribution in [0.2, 0.25) is 0 Å². The van der Waals surface area contributed by atoms with Crippen LogP contribution in [0.1, 0.15) is 19.4 Å². The molecule has 0 amide bonds. The third-order valence-corrected chi connectivity index (χ3v) is 4.30. The van der Waals surface area contributed by atoms with E-state index in [2.05, 4.69) is 15.4 Å². The van der Waals surface area contributed by atoms with Crippen LogP contribution in [0, 0.1) is 0 Å². The molecule has 1 saturated heterocycles. The standard InChI is InChI=1S/C8H15N5O2S/c1-2-10-8-11-7(9)13(12-8)6-3-4-16(14,15)5-6/h6H,2-5H2,1H3,(H3,9,10,11,12). The Kier molecular flexibility index (Phi) is 2.75. The summed E-state index contributed by atoms with van der Waals surface area (Å²) in [5, 5.41) is 7.09. The Morgan fingerprint density at radius 3 is 2.94 bits per heavy atom. The summed E-state index contributed by atoms with van der Waals surface area (Å²) < 4.78 is 24.2. The van der Waals surface area contributed by atoms with Gasteiger partial charge in [0.2, 0.25) is 11.9 Å². The van der Waals surface area contributed by atoms with Crippen molar-refractivity contribution in [2.75, 3.05) is 29.1 Å². The molecule has 0 aromatic carbocycles. The van der Waals surface area contributed by atoms with Crippen LogP contribution >= 0.6 is 0 Å². The minimum atomic E-state index is -2.93. The van der Waals surface area contributed by atoms with Crippen LogP contribution in [-0.4, -0.2) is 41.2 Å². The van der Waals surface area contributed by atoms with Gasteiger partial charge < -0.3 is 11.1 Å². The molecule has 8 heteroatoms. The summed E-state index contributed by atoms with van der Waals surface area (Å²) in [5.74, 6) is 1.02. The highest BCUT2D eigenvalue weighted by atomic mass is 32.2. The van der Waals surface area contributed by atoms with Gasteiger partial charge in [-0.15, -0.1) is 5.10 Å². The average Bonchev–Trinajstić information content (AvgIpc) is 2.70. The number of nitrogens with one attached hydrogen (secondary N) is 1. The van der Waals surface area contributed by atoms with Gasteiger partial charge >= 0.3 is 0 Å². The Morgan fingerprint density at radius 1 is 1.62 bits per heavy atom. The van der Waals surface area contributed by atoms with Crippen molar-refractivity contribution in [3.63, 3.8) is 0 Å². The van der Waals surface area contributed by atoms with Gasteiger partial charge in [-0.05, 0) is 13.3 Å². The zero-order valence-electron chi connectivity index (χ0n) is 9.05. The molecule has 0 saturated carbocycles. The Labute approximate surface area is 94.0 Å². The lowest BCUT2D eigenvalue weighted by Crippen LogP contribution is -2.15. The summed E-state index contributed by atoms with van der Waals surface area (Å²) >= 11 is 0. The third-order valence-electron chi connectivity index (χ3n) is 2.55. The Hall–Kier alpha value is -1.31. The molecule has 1 atom stereocenters. The molecule has 1 unspecified atom stereocenters. The monoisotopic (exact) mass is 245 g/mol. The molecule has 1 aromatic rings. The third kappa shape index (κ3) is 2.11. The molecule has 7 nitrogen and oxygen atoms in total. The van der Waals surface area contributed by atoms with Crippen LogP contribution < -0.4 is 11.1 Å². The van der Waals surface area contributed by atoms with Gasteiger partial charge in [0.05, 0.1) is 17.5 Å². The van der Waals surface area contributed by atoms with Crippen molar-refractivity contribution >= 4 is 21.7 Å². The molecule has 1 fully saturated rings. The number of anilines is 2. The fourth-order valence-electron chi connectivity index (χ4n) is 1.81. The van der Waals surface area contributed by atoms with Crippen molar-refractivity contribution in [2.45, 2.75) is 19.4 Å². The zero-order chi connectivity index (χ0) is 11.8. The predicted octanol–water partition coefficient (Wildman–Crippen LogP) is -0.348. The van der Waals surface area contributed by atoms with E-state index in [9.17, 15) is 8.42 Å². The summed E-state index contributed by atoms with van der Waals surface area (Å²) in [4.78, 5) is 4.02. The summed E-state index contributed by atoms with van der Waals surface area (Å²) in [7, 11) is -2.93. The van der Waals surface area contributed by atoms with Crippen LogP contribution in [0.25, 0.3) is 0 Å². The molecule has 0 spiro atoms. The highest BCUT2D eigenvalue weighted by molar-refractivity contribution is 7.91. The van der Waals surface area contributed by atoms with Crippen LogP contribution in [0.3, 0.4) is 0 Å². The number of hydrogen-bond acceptors (Lipinski definition) is 6. The summed E-state index contributed by atoms with van der Waals surface area (Å²) in [6, 6.07) is -0.176. The highest BCUT2D eigenvalue weighted by Crippen LogP contribution is 2.25. The van der Waals surface area contributed by atoms with Crippen LogP contribution in [0.5, 0.6) is 0 Å². The highest BCUT2D eigenvalue weighted by Gasteiger charge is 2.31. The van der Waals surface area contributed by atoms with Crippen molar-refractivity contribution in [3.8, 4) is 0 Å². The molecule has 0 radical (unpaired) electrons. The zero-order valence-corrected chi connectivity index (χ0v) is 9.87. The molecular weight excluding hydrogens is 230 g/mol. The molecule has 90 valence electrons. The van der Waals surface area contributed by atoms with Gasteiger partial charge in [0.1, 0.15) is 0 Å². The molecule has 0 aliphatic carbocycles. The van der Waals surface area contributed by atoms with Crippen LogP contribution in [-0.2, 0) is 9.84 Å². The van der Waals surface area contributed by atoms with E-state index in [1.807, 2.05) is 6.92 Å². The lowest BCUT2D eigenvalue weighted by molar-refractivity contribution is 0.507. The van der Waals surface area contributed by atoms with Gasteiger partial charge in [0, 0.05) is 6.54 Å². The van der Waals surface area contributed by atoms with E-state index in [0.29, 0.717) is 18.9 Å². The molecule has 3 N–H and O–H groups in total. The van der Waals surface area contributed by atoms with E-state index < -0.39 is 9.84 Å². The van der Waals surface area contributed by atoms with E-state index in [1.165, 1.54) is 4.68 Å². The number of nitrogens with zero attached hydrogens (tertiary/aromatic N) is 3. The second kappa shape index (κ2) is 3.93. The maximum atomic E-state index is 11.3. The van der Waals surface area contributed by atoms with Gasteiger partial charge in [-0.1, -0.05) is 0 Å². The number of hydrogen-bond donors (Lipinski definition) is 2. The van der Waals surface area contributed by atoms with Crippen LogP contribution in [0.4, 0.5) is 11.9 Å². The van der Waals surface area contributed by atoms with Crippen molar-refractivity contribution in [1.29, 1.82) is 0 Å². The second-order valence-electron chi connectivity index (χ2n) is 3.83. The van der Waals surface area contributed by atoms with Gasteiger partial charge in [-0.2, -0.15) is 4.98 Å². The molecule has 0 bridgehead atoms. The first kappa shape index (κ1) is 11.2. The van der Waals surface area contributed by atoms with Crippen molar-refractivity contribution < 1.29 is 8.42 Å². The van der Waals surface area contributed by atoms with E-state index in [-0.39, 0.29) is 23.5 Å². The Bertz CT molecular complexity index is 481. The molecule has 2 heterocycles. The SMILES string of the molecule is CCNc1nc(N)n(C2CCS(=O)(=O)C2)n1. The van der Waals surface area contributed by atoms with E-state index in [1.54, 1.807) is 0 Å². The number of nitrogen functional groups attached to an aromatic ring is 1. The molecule has 1 aliphatic heterocycles. The minimum absolute atomic E-state index is 0.103. The lowest BCUT2D eigenvalue weighted by atomic mass is 10.3. The van der Waals surface area contributed by atoms with Crippen LogP contribution in [0.15, 0.2) is 0 Å². The Balaban J connectivity index is 2.21. The lowest BCUT2D eigenvalue weighted by Gasteiger charge is -2.08. The molecular formula is C8H15N5O2S. The normalized spacial score (nSPS) is 23.4. The smallest absolute Gasteiger partial charge is 0.243 e. The summed E-state index contributed by atoms with van der Waals surface area (Å²) in [5.41, 5.74) is 5.69. The fourth-order valence-corrected chi connectivity index (χ4v) is 3.50. The summed E-state index contributed by atoms with van der Waals surface area (Å²) in [6.45, 7) is 2.63. The van der Waals surface area contributed by atoms with Crippen molar-refractivity contribution in [3.05, 3.63) is 0 Å². The first-order chi connectivity index (χ1) is 7.52. The first-order valence-corrected chi connectivity index (χ1v) is 7.00. The van der Waals surface area contributed by atoms with E-state index in [0.717, 1.165) is 0 Å². The second-order valence-corrected chi connectivity index (χ2v) is 6.05. The molecule has 1 aliphatic rings. The number of sulfone groups is 1. The Morgan fingerprint density at radius 2 is 2.38 bits per heavy atom. The van der Waals surface area contributed by atoms with E-state index in [4.69, 9.17) is 5.73 Å². The minimum Gasteiger partial charge on any atom is -0.368 e. The van der Waals surface area contributed by atoms with E-state index >= 15 is 0 Å². The topological polar surface area (TPSA) is 103 Å².